The number of nitrogens with zero attached hydrogens (tertiary/aromatic N) is 1. The van der Waals surface area contributed by atoms with Gasteiger partial charge in [-0.15, -0.1) is 11.3 Å². The molecule has 1 N–H and O–H groups in total. The highest BCUT2D eigenvalue weighted by Gasteiger charge is 2.35. The van der Waals surface area contributed by atoms with E-state index >= 15 is 0 Å². The predicted octanol–water partition coefficient (Wildman–Crippen LogP) is 3.62. The zero-order valence-corrected chi connectivity index (χ0v) is 13.3. The lowest BCUT2D eigenvalue weighted by atomic mass is 9.82. The summed E-state index contributed by atoms with van der Waals surface area (Å²) in [6.45, 7) is 1.03. The van der Waals surface area contributed by atoms with E-state index in [1.165, 1.54) is 41.5 Å². The average molecular weight is 329 g/mol. The molecule has 2 aliphatic heterocycles. The first-order chi connectivity index (χ1) is 8.72. The maximum absolute atomic E-state index is 3.76. The topological polar surface area (TPSA) is 15.3 Å². The van der Waals surface area contributed by atoms with E-state index in [0.29, 0.717) is 0 Å². The second-order valence-electron chi connectivity index (χ2n) is 5.68. The maximum Gasteiger partial charge on any atom is 0.0302 e. The van der Waals surface area contributed by atoms with Gasteiger partial charge in [0.15, 0.2) is 0 Å². The third kappa shape index (κ3) is 2.82. The van der Waals surface area contributed by atoms with Crippen LogP contribution in [-0.2, 0) is 6.54 Å². The normalized spacial score (nSPS) is 32.7. The van der Waals surface area contributed by atoms with Gasteiger partial charge < -0.3 is 10.2 Å². The number of fused-ring (bicyclic) bond motifs is 2. The average Bonchev–Trinajstić information content (AvgIpc) is 2.73. The summed E-state index contributed by atoms with van der Waals surface area (Å²) < 4.78 is 1.21. The van der Waals surface area contributed by atoms with Crippen molar-refractivity contribution >= 4 is 27.3 Å². The molecule has 0 aromatic carbocycles. The smallest absolute Gasteiger partial charge is 0.0302 e. The monoisotopic (exact) mass is 328 g/mol. The molecule has 0 saturated carbocycles. The van der Waals surface area contributed by atoms with Crippen molar-refractivity contribution in [2.24, 2.45) is 0 Å². The van der Waals surface area contributed by atoms with Crippen LogP contribution in [0.3, 0.4) is 0 Å². The zero-order chi connectivity index (χ0) is 12.5. The molecule has 100 valence electrons. The van der Waals surface area contributed by atoms with Gasteiger partial charge in [0, 0.05) is 39.4 Å². The molecule has 2 unspecified atom stereocenters. The van der Waals surface area contributed by atoms with Crippen molar-refractivity contribution in [1.82, 2.24) is 10.2 Å². The summed E-state index contributed by atoms with van der Waals surface area (Å²) in [5.74, 6) is 0. The van der Waals surface area contributed by atoms with Crippen LogP contribution in [0.1, 0.15) is 37.0 Å². The maximum atomic E-state index is 3.76. The lowest BCUT2D eigenvalue weighted by Crippen LogP contribution is -2.54. The highest BCUT2D eigenvalue weighted by Crippen LogP contribution is 2.32. The number of hydrogen-bond acceptors (Lipinski definition) is 3. The fourth-order valence-corrected chi connectivity index (χ4v) is 4.88. The molecule has 1 aromatic rings. The first-order valence-electron chi connectivity index (χ1n) is 6.90. The van der Waals surface area contributed by atoms with Crippen molar-refractivity contribution < 1.29 is 0 Å². The Morgan fingerprint density at radius 3 is 2.72 bits per heavy atom. The van der Waals surface area contributed by atoms with E-state index < -0.39 is 0 Å². The van der Waals surface area contributed by atoms with Gasteiger partial charge >= 0.3 is 0 Å². The SMILES string of the molecule is CN1C2CCCC1CC(NCc1cc(Br)cs1)C2. The van der Waals surface area contributed by atoms with E-state index in [1.807, 2.05) is 11.3 Å². The molecule has 3 heterocycles. The fraction of sp³-hybridized carbons (Fsp3) is 0.714. The van der Waals surface area contributed by atoms with E-state index in [9.17, 15) is 0 Å². The van der Waals surface area contributed by atoms with Crippen LogP contribution >= 0.6 is 27.3 Å². The summed E-state index contributed by atoms with van der Waals surface area (Å²) in [5.41, 5.74) is 0. The summed E-state index contributed by atoms with van der Waals surface area (Å²) in [4.78, 5) is 4.06. The predicted molar refractivity (Wildman–Crippen MR) is 81.1 cm³/mol. The third-order valence-electron chi connectivity index (χ3n) is 4.53. The summed E-state index contributed by atoms with van der Waals surface area (Å²) >= 11 is 5.36. The van der Waals surface area contributed by atoms with Crippen LogP contribution in [0.25, 0.3) is 0 Å². The molecule has 2 aliphatic rings. The Morgan fingerprint density at radius 2 is 2.11 bits per heavy atom. The molecule has 1 aromatic heterocycles. The van der Waals surface area contributed by atoms with E-state index in [-0.39, 0.29) is 0 Å². The third-order valence-corrected chi connectivity index (χ3v) is 6.22. The Morgan fingerprint density at radius 1 is 1.39 bits per heavy atom. The first kappa shape index (κ1) is 13.1. The Bertz CT molecular complexity index is 392. The molecule has 2 bridgehead atoms. The minimum Gasteiger partial charge on any atom is -0.309 e. The molecule has 4 heteroatoms. The number of hydrogen-bond donors (Lipinski definition) is 1. The Kier molecular flexibility index (Phi) is 4.09. The Balaban J connectivity index is 1.55. The molecule has 2 nitrogen and oxygen atoms in total. The summed E-state index contributed by atoms with van der Waals surface area (Å²) in [6, 6.07) is 4.60. The molecule has 0 radical (unpaired) electrons. The lowest BCUT2D eigenvalue weighted by Gasteiger charge is -2.47. The molecule has 2 atom stereocenters. The van der Waals surface area contributed by atoms with Crippen molar-refractivity contribution in [2.75, 3.05) is 7.05 Å². The van der Waals surface area contributed by atoms with E-state index in [1.54, 1.807) is 0 Å². The van der Waals surface area contributed by atoms with Crippen LogP contribution in [0.5, 0.6) is 0 Å². The van der Waals surface area contributed by atoms with Crippen molar-refractivity contribution in [3.63, 3.8) is 0 Å². The second kappa shape index (κ2) is 5.61. The van der Waals surface area contributed by atoms with E-state index in [2.05, 4.69) is 44.6 Å². The molecule has 0 amide bonds. The largest absolute Gasteiger partial charge is 0.309 e. The molecule has 3 rings (SSSR count). The zero-order valence-electron chi connectivity index (χ0n) is 10.9. The summed E-state index contributed by atoms with van der Waals surface area (Å²) in [7, 11) is 2.32. The highest BCUT2D eigenvalue weighted by molar-refractivity contribution is 9.10. The highest BCUT2D eigenvalue weighted by atomic mass is 79.9. The lowest BCUT2D eigenvalue weighted by molar-refractivity contribution is 0.0483. The van der Waals surface area contributed by atoms with Gasteiger partial charge in [-0.3, -0.25) is 0 Å². The molecule has 18 heavy (non-hydrogen) atoms. The van der Waals surface area contributed by atoms with E-state index in [4.69, 9.17) is 0 Å². The first-order valence-corrected chi connectivity index (χ1v) is 8.58. The van der Waals surface area contributed by atoms with Crippen LogP contribution in [0.2, 0.25) is 0 Å². The van der Waals surface area contributed by atoms with Crippen molar-refractivity contribution in [1.29, 1.82) is 0 Å². The van der Waals surface area contributed by atoms with Gasteiger partial charge in [0.25, 0.3) is 0 Å². The standard InChI is InChI=1S/C14H21BrN2S/c1-17-12-3-2-4-13(17)7-11(6-12)16-8-14-5-10(15)9-18-14/h5,9,11-13,16H,2-4,6-8H2,1H3. The fourth-order valence-electron chi connectivity index (χ4n) is 3.47. The van der Waals surface area contributed by atoms with Gasteiger partial charge in [-0.05, 0) is 54.7 Å². The molecule has 2 fully saturated rings. The van der Waals surface area contributed by atoms with Gasteiger partial charge in [-0.2, -0.15) is 0 Å². The van der Waals surface area contributed by atoms with Crippen molar-refractivity contribution in [3.05, 3.63) is 20.8 Å². The van der Waals surface area contributed by atoms with Gasteiger partial charge in [0.05, 0.1) is 0 Å². The van der Waals surface area contributed by atoms with Crippen LogP contribution in [0.4, 0.5) is 0 Å². The molecule has 0 aliphatic carbocycles. The van der Waals surface area contributed by atoms with Crippen molar-refractivity contribution in [2.45, 2.75) is 56.8 Å². The van der Waals surface area contributed by atoms with Crippen LogP contribution in [-0.4, -0.2) is 30.1 Å². The quantitative estimate of drug-likeness (QED) is 0.911. The minimum absolute atomic E-state index is 0.720. The van der Waals surface area contributed by atoms with Crippen LogP contribution < -0.4 is 5.32 Å². The van der Waals surface area contributed by atoms with Gasteiger partial charge in [0.2, 0.25) is 0 Å². The van der Waals surface area contributed by atoms with Gasteiger partial charge in [-0.25, -0.2) is 0 Å². The number of rotatable bonds is 3. The van der Waals surface area contributed by atoms with Crippen LogP contribution in [0.15, 0.2) is 15.9 Å². The molecular formula is C14H21BrN2S. The Labute approximate surface area is 122 Å². The Hall–Kier alpha value is 0.1000. The number of nitrogens with one attached hydrogen (secondary N) is 1. The molecular weight excluding hydrogens is 308 g/mol. The molecule has 2 saturated heterocycles. The van der Waals surface area contributed by atoms with E-state index in [0.717, 1.165) is 24.7 Å². The van der Waals surface area contributed by atoms with Gasteiger partial charge in [0.1, 0.15) is 0 Å². The summed E-state index contributed by atoms with van der Waals surface area (Å²) in [6.07, 6.45) is 6.90. The van der Waals surface area contributed by atoms with Crippen molar-refractivity contribution in [3.8, 4) is 0 Å². The minimum atomic E-state index is 0.720. The second-order valence-corrected chi connectivity index (χ2v) is 7.60. The molecule has 0 spiro atoms. The number of thiophene rings is 1. The van der Waals surface area contributed by atoms with Crippen LogP contribution in [0, 0.1) is 0 Å². The number of piperidine rings is 2. The number of halogens is 1. The summed E-state index contributed by atoms with van der Waals surface area (Å²) in [5, 5.41) is 5.93. The van der Waals surface area contributed by atoms with Gasteiger partial charge in [-0.1, -0.05) is 6.42 Å².